The van der Waals surface area contributed by atoms with Crippen LogP contribution < -0.4 is 15.5 Å². The lowest BCUT2D eigenvalue weighted by Gasteiger charge is -2.26. The monoisotopic (exact) mass is 374 g/mol. The molecule has 138 valence electrons. The van der Waals surface area contributed by atoms with E-state index in [0.717, 1.165) is 34.7 Å². The number of hydrogen-bond acceptors (Lipinski definition) is 7. The molecule has 2 aliphatic heterocycles. The molecule has 2 aromatic heterocycles. The zero-order valence-electron chi connectivity index (χ0n) is 14.5. The number of β-amino-alcohol motifs (C(OH)–C–C–N with tert-alkyl or cyclic N) is 1. The highest BCUT2D eigenvalue weighted by Crippen LogP contribution is 2.30. The maximum Gasteiger partial charge on any atom is 0.259 e. The van der Waals surface area contributed by atoms with E-state index in [9.17, 15) is 9.90 Å². The van der Waals surface area contributed by atoms with Gasteiger partial charge in [-0.1, -0.05) is 0 Å². The molecule has 2 aliphatic rings. The molecule has 1 fully saturated rings. The fraction of sp³-hybridized carbons (Fsp3) is 0.471. The van der Waals surface area contributed by atoms with Gasteiger partial charge in [-0.2, -0.15) is 0 Å². The van der Waals surface area contributed by atoms with E-state index >= 15 is 0 Å². The van der Waals surface area contributed by atoms with Gasteiger partial charge in [0, 0.05) is 43.8 Å². The van der Waals surface area contributed by atoms with Crippen molar-refractivity contribution < 1.29 is 9.90 Å². The molecule has 2 aromatic rings. The van der Waals surface area contributed by atoms with Crippen molar-refractivity contribution in [1.29, 1.82) is 0 Å². The van der Waals surface area contributed by atoms with Crippen LogP contribution in [0.4, 0.5) is 5.82 Å². The minimum atomic E-state index is -0.319. The van der Waals surface area contributed by atoms with Crippen molar-refractivity contribution in [3.8, 4) is 0 Å². The zero-order valence-corrected chi connectivity index (χ0v) is 15.3. The van der Waals surface area contributed by atoms with Crippen molar-refractivity contribution in [1.82, 2.24) is 25.6 Å². The van der Waals surface area contributed by atoms with Crippen LogP contribution in [-0.4, -0.2) is 63.5 Å². The fourth-order valence-electron chi connectivity index (χ4n) is 3.36. The normalized spacial score (nSPS) is 23.3. The van der Waals surface area contributed by atoms with Gasteiger partial charge in [0.05, 0.1) is 16.4 Å². The van der Waals surface area contributed by atoms with Gasteiger partial charge in [0.2, 0.25) is 0 Å². The number of aryl methyl sites for hydroxylation is 1. The lowest BCUT2D eigenvalue weighted by Crippen LogP contribution is -2.38. The molecule has 4 rings (SSSR count). The van der Waals surface area contributed by atoms with Crippen LogP contribution in [0.2, 0.25) is 0 Å². The van der Waals surface area contributed by atoms with Crippen LogP contribution in [0.1, 0.15) is 12.0 Å². The molecule has 0 aliphatic carbocycles. The highest BCUT2D eigenvalue weighted by Gasteiger charge is 2.24. The predicted octanol–water partition coefficient (Wildman–Crippen LogP) is 0.500. The van der Waals surface area contributed by atoms with Gasteiger partial charge >= 0.3 is 0 Å². The summed E-state index contributed by atoms with van der Waals surface area (Å²) in [6.45, 7) is 3.91. The van der Waals surface area contributed by atoms with Crippen LogP contribution in [-0.2, 0) is 4.79 Å². The summed E-state index contributed by atoms with van der Waals surface area (Å²) in [6.07, 6.45) is 5.68. The average molecular weight is 374 g/mol. The molecule has 0 aromatic carbocycles. The summed E-state index contributed by atoms with van der Waals surface area (Å²) in [5.74, 6) is 1.55. The van der Waals surface area contributed by atoms with Crippen LogP contribution >= 0.6 is 11.8 Å². The van der Waals surface area contributed by atoms with Crippen molar-refractivity contribution in [2.75, 3.05) is 30.3 Å². The molecule has 0 saturated carbocycles. The number of rotatable bonds is 4. The molecular formula is C17H22N6O2S. The number of nitrogens with one attached hydrogen (secondary N) is 3. The topological polar surface area (TPSA) is 106 Å². The fourth-order valence-corrected chi connectivity index (χ4v) is 4.27. The number of aromatic nitrogens is 3. The Morgan fingerprint density at radius 1 is 1.50 bits per heavy atom. The largest absolute Gasteiger partial charge is 0.392 e. The molecular weight excluding hydrogens is 352 g/mol. The number of aromatic amines is 1. The first-order valence-corrected chi connectivity index (χ1v) is 9.70. The Morgan fingerprint density at radius 2 is 2.38 bits per heavy atom. The number of fused-ring (bicyclic) bond motifs is 1. The van der Waals surface area contributed by atoms with E-state index in [-0.39, 0.29) is 18.1 Å². The first-order valence-electron chi connectivity index (χ1n) is 8.71. The van der Waals surface area contributed by atoms with Gasteiger partial charge in [0.1, 0.15) is 17.8 Å². The van der Waals surface area contributed by atoms with Gasteiger partial charge < -0.3 is 25.6 Å². The molecule has 2 atom stereocenters. The number of carbonyl (C=O) groups excluding carboxylic acids is 1. The number of amides is 1. The first-order chi connectivity index (χ1) is 12.6. The Morgan fingerprint density at radius 3 is 3.19 bits per heavy atom. The molecule has 4 heterocycles. The zero-order chi connectivity index (χ0) is 18.1. The third-order valence-electron chi connectivity index (χ3n) is 4.71. The molecule has 26 heavy (non-hydrogen) atoms. The number of hydrogen-bond donors (Lipinski definition) is 4. The minimum Gasteiger partial charge on any atom is -0.392 e. The Labute approximate surface area is 155 Å². The molecule has 0 radical (unpaired) electrons. The molecule has 0 bridgehead atoms. The predicted molar refractivity (Wildman–Crippen MR) is 102 cm³/mol. The second-order valence-corrected chi connectivity index (χ2v) is 7.77. The molecule has 4 N–H and O–H groups in total. The number of H-pyrrole nitrogens is 1. The van der Waals surface area contributed by atoms with Gasteiger partial charge in [-0.3, -0.25) is 4.79 Å². The summed E-state index contributed by atoms with van der Waals surface area (Å²) in [4.78, 5) is 27.1. The average Bonchev–Trinajstić information content (AvgIpc) is 3.25. The Balaban J connectivity index is 1.50. The molecule has 1 saturated heterocycles. The van der Waals surface area contributed by atoms with Crippen LogP contribution in [0.3, 0.4) is 0 Å². The summed E-state index contributed by atoms with van der Waals surface area (Å²) in [6, 6.07) is 0.128. The van der Waals surface area contributed by atoms with Crippen molar-refractivity contribution >= 4 is 34.5 Å². The second kappa shape index (κ2) is 7.26. The minimum absolute atomic E-state index is 0.0843. The van der Waals surface area contributed by atoms with E-state index < -0.39 is 0 Å². The Bertz CT molecular complexity index is 851. The maximum absolute atomic E-state index is 12.5. The second-order valence-electron chi connectivity index (χ2n) is 6.63. The number of nitrogens with zero attached hydrogens (tertiary/aromatic N) is 3. The van der Waals surface area contributed by atoms with Crippen molar-refractivity contribution in [3.05, 3.63) is 29.2 Å². The summed E-state index contributed by atoms with van der Waals surface area (Å²) in [5, 5.41) is 16.7. The van der Waals surface area contributed by atoms with Crippen LogP contribution in [0.5, 0.6) is 0 Å². The number of anilines is 1. The van der Waals surface area contributed by atoms with Crippen molar-refractivity contribution in [3.63, 3.8) is 0 Å². The quantitative estimate of drug-likeness (QED) is 0.617. The van der Waals surface area contributed by atoms with Crippen LogP contribution in [0.25, 0.3) is 11.0 Å². The van der Waals surface area contributed by atoms with Crippen LogP contribution in [0.15, 0.2) is 23.6 Å². The van der Waals surface area contributed by atoms with Gasteiger partial charge in [0.25, 0.3) is 5.91 Å². The number of aliphatic hydroxyl groups is 1. The number of thioether (sulfide) groups is 1. The smallest absolute Gasteiger partial charge is 0.259 e. The molecule has 0 unspecified atom stereocenters. The van der Waals surface area contributed by atoms with Crippen LogP contribution in [0, 0.1) is 6.92 Å². The summed E-state index contributed by atoms with van der Waals surface area (Å²) in [5.41, 5.74) is 1.88. The van der Waals surface area contributed by atoms with Gasteiger partial charge in [-0.25, -0.2) is 9.97 Å². The van der Waals surface area contributed by atoms with E-state index in [0.29, 0.717) is 24.4 Å². The van der Waals surface area contributed by atoms with E-state index in [1.807, 2.05) is 24.2 Å². The Hall–Kier alpha value is -2.10. The standard InChI is InChI=1S/C17H22N6O2S/c1-10-5-19-15-14(10)16(22-9-21-15)23-2-3-26-13(8-23)17(25)20-6-11-4-12(24)7-18-11/h5,8-9,11-12,18,24H,2-4,6-7H2,1H3,(H,20,25)(H,19,21,22)/t11-,12+/m1/s1. The highest BCUT2D eigenvalue weighted by atomic mass is 32.2. The lowest BCUT2D eigenvalue weighted by molar-refractivity contribution is -0.116. The maximum atomic E-state index is 12.5. The summed E-state index contributed by atoms with van der Waals surface area (Å²) < 4.78 is 0. The van der Waals surface area contributed by atoms with Gasteiger partial charge in [-0.15, -0.1) is 11.8 Å². The van der Waals surface area contributed by atoms with Gasteiger partial charge in [-0.05, 0) is 18.9 Å². The van der Waals surface area contributed by atoms with Crippen molar-refractivity contribution in [2.24, 2.45) is 0 Å². The van der Waals surface area contributed by atoms with Gasteiger partial charge in [0.15, 0.2) is 0 Å². The molecule has 8 nitrogen and oxygen atoms in total. The Kier molecular flexibility index (Phi) is 4.84. The molecule has 1 amide bonds. The first kappa shape index (κ1) is 17.3. The summed E-state index contributed by atoms with van der Waals surface area (Å²) in [7, 11) is 0. The number of carbonyl (C=O) groups is 1. The molecule has 9 heteroatoms. The molecule has 0 spiro atoms. The third kappa shape index (κ3) is 3.42. The SMILES string of the molecule is Cc1c[nH]c2ncnc(N3C=C(C(=O)NC[C@H]4C[C@H](O)CN4)SCC3)c12. The van der Waals surface area contributed by atoms with E-state index in [4.69, 9.17) is 0 Å². The third-order valence-corrected chi connectivity index (χ3v) is 5.70. The lowest BCUT2D eigenvalue weighted by atomic mass is 10.2. The number of aliphatic hydroxyl groups excluding tert-OH is 1. The van der Waals surface area contributed by atoms with Crippen molar-refractivity contribution in [2.45, 2.75) is 25.5 Å². The van der Waals surface area contributed by atoms with E-state index in [1.54, 1.807) is 18.1 Å². The highest BCUT2D eigenvalue weighted by molar-refractivity contribution is 8.04. The van der Waals surface area contributed by atoms with E-state index in [1.165, 1.54) is 0 Å². The van der Waals surface area contributed by atoms with E-state index in [2.05, 4.69) is 25.6 Å². The summed E-state index contributed by atoms with van der Waals surface area (Å²) >= 11 is 1.55.